The standard InChI is InChI=1S/C18H23N3O2/c22-18(15-21-11-5-10-19-21)20-12-13-23-17(14-20)9-4-8-16-6-2-1-3-7-16/h1-3,5-7,10-11,17H,4,8-9,12-15H2/t17-/m1/s1. The highest BCUT2D eigenvalue weighted by Gasteiger charge is 2.24. The van der Waals surface area contributed by atoms with E-state index in [0.29, 0.717) is 26.2 Å². The lowest BCUT2D eigenvalue weighted by Gasteiger charge is -2.33. The number of aryl methyl sites for hydroxylation is 1. The molecule has 1 aromatic heterocycles. The summed E-state index contributed by atoms with van der Waals surface area (Å²) in [4.78, 5) is 14.2. The number of hydrogen-bond donors (Lipinski definition) is 0. The molecule has 0 aliphatic carbocycles. The summed E-state index contributed by atoms with van der Waals surface area (Å²) in [6, 6.07) is 12.3. The lowest BCUT2D eigenvalue weighted by atomic mass is 10.1. The highest BCUT2D eigenvalue weighted by molar-refractivity contribution is 5.76. The molecule has 1 atom stereocenters. The molecular weight excluding hydrogens is 290 g/mol. The van der Waals surface area contributed by atoms with Gasteiger partial charge in [-0.3, -0.25) is 9.48 Å². The molecule has 2 heterocycles. The van der Waals surface area contributed by atoms with Crippen LogP contribution in [0.3, 0.4) is 0 Å². The third-order valence-corrected chi connectivity index (χ3v) is 4.18. The number of carbonyl (C=O) groups is 1. The minimum atomic E-state index is 0.116. The Morgan fingerprint density at radius 2 is 2.13 bits per heavy atom. The first-order chi connectivity index (χ1) is 11.3. The number of morpholine rings is 1. The monoisotopic (exact) mass is 313 g/mol. The summed E-state index contributed by atoms with van der Waals surface area (Å²) < 4.78 is 7.48. The van der Waals surface area contributed by atoms with Crippen molar-refractivity contribution >= 4 is 5.91 Å². The molecule has 1 aliphatic heterocycles. The van der Waals surface area contributed by atoms with Gasteiger partial charge in [0.1, 0.15) is 6.54 Å². The van der Waals surface area contributed by atoms with Crippen molar-refractivity contribution in [2.75, 3.05) is 19.7 Å². The summed E-state index contributed by atoms with van der Waals surface area (Å²) in [5.74, 6) is 0.116. The Morgan fingerprint density at radius 3 is 2.91 bits per heavy atom. The summed E-state index contributed by atoms with van der Waals surface area (Å²) in [6.45, 7) is 2.30. The second kappa shape index (κ2) is 7.92. The number of benzene rings is 1. The fourth-order valence-corrected chi connectivity index (χ4v) is 2.93. The van der Waals surface area contributed by atoms with Crippen LogP contribution in [0.15, 0.2) is 48.8 Å². The predicted octanol–water partition coefficient (Wildman–Crippen LogP) is 2.13. The number of rotatable bonds is 6. The molecule has 23 heavy (non-hydrogen) atoms. The van der Waals surface area contributed by atoms with E-state index in [2.05, 4.69) is 29.4 Å². The minimum absolute atomic E-state index is 0.116. The molecule has 122 valence electrons. The normalized spacial score (nSPS) is 18.1. The largest absolute Gasteiger partial charge is 0.375 e. The molecule has 0 saturated carbocycles. The number of carbonyl (C=O) groups excluding carboxylic acids is 1. The van der Waals surface area contributed by atoms with Gasteiger partial charge in [0.2, 0.25) is 5.91 Å². The molecule has 0 unspecified atom stereocenters. The quantitative estimate of drug-likeness (QED) is 0.821. The summed E-state index contributed by atoms with van der Waals surface area (Å²) >= 11 is 0. The molecule has 0 N–H and O–H groups in total. The van der Waals surface area contributed by atoms with Crippen molar-refractivity contribution in [1.29, 1.82) is 0 Å². The van der Waals surface area contributed by atoms with Gasteiger partial charge >= 0.3 is 0 Å². The molecule has 2 aromatic rings. The number of amides is 1. The topological polar surface area (TPSA) is 47.4 Å². The van der Waals surface area contributed by atoms with Gasteiger partial charge in [0, 0.05) is 25.5 Å². The van der Waals surface area contributed by atoms with Gasteiger partial charge in [-0.15, -0.1) is 0 Å². The van der Waals surface area contributed by atoms with Gasteiger partial charge in [-0.05, 0) is 30.9 Å². The van der Waals surface area contributed by atoms with Crippen LogP contribution in [0.4, 0.5) is 0 Å². The lowest BCUT2D eigenvalue weighted by Crippen LogP contribution is -2.46. The number of ether oxygens (including phenoxy) is 1. The van der Waals surface area contributed by atoms with Crippen molar-refractivity contribution in [2.45, 2.75) is 31.9 Å². The van der Waals surface area contributed by atoms with Gasteiger partial charge in [-0.25, -0.2) is 0 Å². The molecule has 1 saturated heterocycles. The minimum Gasteiger partial charge on any atom is -0.375 e. The summed E-state index contributed by atoms with van der Waals surface area (Å²) in [7, 11) is 0. The molecule has 5 nitrogen and oxygen atoms in total. The number of aromatic nitrogens is 2. The van der Waals surface area contributed by atoms with Crippen LogP contribution in [-0.4, -0.2) is 46.4 Å². The Bertz CT molecular complexity index is 598. The van der Waals surface area contributed by atoms with Crippen molar-refractivity contribution < 1.29 is 9.53 Å². The fourth-order valence-electron chi connectivity index (χ4n) is 2.93. The Labute approximate surface area is 136 Å². The Hall–Kier alpha value is -2.14. The smallest absolute Gasteiger partial charge is 0.244 e. The van der Waals surface area contributed by atoms with Crippen molar-refractivity contribution in [3.8, 4) is 0 Å². The average molecular weight is 313 g/mol. The molecule has 0 radical (unpaired) electrons. The fraction of sp³-hybridized carbons (Fsp3) is 0.444. The molecule has 1 fully saturated rings. The van der Waals surface area contributed by atoms with E-state index in [-0.39, 0.29) is 12.0 Å². The lowest BCUT2D eigenvalue weighted by molar-refractivity contribution is -0.139. The van der Waals surface area contributed by atoms with E-state index in [1.165, 1.54) is 5.56 Å². The molecule has 0 bridgehead atoms. The molecule has 5 heteroatoms. The highest BCUT2D eigenvalue weighted by atomic mass is 16.5. The molecular formula is C18H23N3O2. The van der Waals surface area contributed by atoms with Crippen molar-refractivity contribution in [1.82, 2.24) is 14.7 Å². The van der Waals surface area contributed by atoms with Crippen LogP contribution in [0.5, 0.6) is 0 Å². The van der Waals surface area contributed by atoms with E-state index in [0.717, 1.165) is 19.3 Å². The molecule has 3 rings (SSSR count). The summed E-state index contributed by atoms with van der Waals surface area (Å²) in [5, 5.41) is 4.09. The number of nitrogens with zero attached hydrogens (tertiary/aromatic N) is 3. The van der Waals surface area contributed by atoms with Gasteiger partial charge in [0.25, 0.3) is 0 Å². The Morgan fingerprint density at radius 1 is 1.26 bits per heavy atom. The summed E-state index contributed by atoms with van der Waals surface area (Å²) in [6.07, 6.45) is 6.78. The maximum absolute atomic E-state index is 12.3. The van der Waals surface area contributed by atoms with Crippen LogP contribution in [0.2, 0.25) is 0 Å². The van der Waals surface area contributed by atoms with Crippen LogP contribution < -0.4 is 0 Å². The van der Waals surface area contributed by atoms with Gasteiger partial charge in [-0.2, -0.15) is 5.10 Å². The first kappa shape index (κ1) is 15.7. The van der Waals surface area contributed by atoms with Crippen LogP contribution in [0.1, 0.15) is 18.4 Å². The maximum atomic E-state index is 12.3. The van der Waals surface area contributed by atoms with Crippen LogP contribution in [-0.2, 0) is 22.5 Å². The average Bonchev–Trinajstić information content (AvgIpc) is 3.09. The second-order valence-corrected chi connectivity index (χ2v) is 5.91. The summed E-state index contributed by atoms with van der Waals surface area (Å²) in [5.41, 5.74) is 1.36. The Balaban J connectivity index is 1.43. The molecule has 1 aromatic carbocycles. The third-order valence-electron chi connectivity index (χ3n) is 4.18. The first-order valence-electron chi connectivity index (χ1n) is 8.22. The zero-order chi connectivity index (χ0) is 15.9. The SMILES string of the molecule is O=C(Cn1cccn1)N1CCO[C@H](CCCc2ccccc2)C1. The second-order valence-electron chi connectivity index (χ2n) is 5.91. The van der Waals surface area contributed by atoms with Gasteiger partial charge in [0.15, 0.2) is 0 Å². The van der Waals surface area contributed by atoms with Gasteiger partial charge < -0.3 is 9.64 Å². The van der Waals surface area contributed by atoms with E-state index in [9.17, 15) is 4.79 Å². The van der Waals surface area contributed by atoms with Gasteiger partial charge in [-0.1, -0.05) is 30.3 Å². The van der Waals surface area contributed by atoms with Crippen LogP contribution in [0, 0.1) is 0 Å². The molecule has 1 amide bonds. The zero-order valence-corrected chi connectivity index (χ0v) is 13.3. The third kappa shape index (κ3) is 4.66. The van der Waals surface area contributed by atoms with Crippen molar-refractivity contribution in [2.24, 2.45) is 0 Å². The van der Waals surface area contributed by atoms with Crippen molar-refractivity contribution in [3.05, 3.63) is 54.4 Å². The number of hydrogen-bond acceptors (Lipinski definition) is 3. The predicted molar refractivity (Wildman–Crippen MR) is 87.9 cm³/mol. The van der Waals surface area contributed by atoms with E-state index < -0.39 is 0 Å². The van der Waals surface area contributed by atoms with Crippen molar-refractivity contribution in [3.63, 3.8) is 0 Å². The van der Waals surface area contributed by atoms with E-state index in [1.807, 2.05) is 23.2 Å². The van der Waals surface area contributed by atoms with E-state index in [4.69, 9.17) is 4.74 Å². The van der Waals surface area contributed by atoms with Crippen LogP contribution >= 0.6 is 0 Å². The van der Waals surface area contributed by atoms with E-state index >= 15 is 0 Å². The van der Waals surface area contributed by atoms with E-state index in [1.54, 1.807) is 10.9 Å². The zero-order valence-electron chi connectivity index (χ0n) is 13.3. The first-order valence-corrected chi connectivity index (χ1v) is 8.22. The van der Waals surface area contributed by atoms with Gasteiger partial charge in [0.05, 0.1) is 12.7 Å². The Kier molecular flexibility index (Phi) is 5.42. The molecule has 1 aliphatic rings. The molecule has 0 spiro atoms. The van der Waals surface area contributed by atoms with Crippen LogP contribution in [0.25, 0.3) is 0 Å². The highest BCUT2D eigenvalue weighted by Crippen LogP contribution is 2.13. The maximum Gasteiger partial charge on any atom is 0.244 e.